The highest BCUT2D eigenvalue weighted by molar-refractivity contribution is 5.47. The van der Waals surface area contributed by atoms with Crippen LogP contribution in [0.1, 0.15) is 43.9 Å². The molecule has 2 aliphatic heterocycles. The monoisotopic (exact) mass is 287 g/mol. The molecule has 2 heterocycles. The number of hydrogen-bond donors (Lipinski definition) is 2. The molecule has 112 valence electrons. The molecule has 0 spiro atoms. The zero-order valence-corrected chi connectivity index (χ0v) is 12.5. The summed E-state index contributed by atoms with van der Waals surface area (Å²) in [7, 11) is 0. The predicted octanol–water partition coefficient (Wildman–Crippen LogP) is 1.51. The van der Waals surface area contributed by atoms with Crippen LogP contribution in [0.4, 0.5) is 0 Å². The Kier molecular flexibility index (Phi) is 3.21. The maximum absolute atomic E-state index is 11.0. The van der Waals surface area contributed by atoms with E-state index in [9.17, 15) is 5.11 Å². The predicted molar refractivity (Wildman–Crippen MR) is 78.5 cm³/mol. The number of nitrogens with zero attached hydrogens (tertiary/aromatic N) is 2. The second kappa shape index (κ2) is 4.70. The molecule has 2 atom stereocenters. The molecule has 1 saturated heterocycles. The summed E-state index contributed by atoms with van der Waals surface area (Å²) < 4.78 is 5.91. The van der Waals surface area contributed by atoms with Crippen molar-refractivity contribution in [3.63, 3.8) is 0 Å². The highest BCUT2D eigenvalue weighted by atomic mass is 16.5. The van der Waals surface area contributed by atoms with Crippen LogP contribution in [0.25, 0.3) is 0 Å². The molecule has 0 radical (unpaired) electrons. The van der Waals surface area contributed by atoms with Crippen LogP contribution < -0.4 is 10.5 Å². The lowest BCUT2D eigenvalue weighted by Crippen LogP contribution is -2.68. The van der Waals surface area contributed by atoms with E-state index in [1.165, 1.54) is 0 Å². The average Bonchev–Trinajstić information content (AvgIpc) is 2.92. The van der Waals surface area contributed by atoms with Crippen LogP contribution in [0.2, 0.25) is 0 Å². The SMILES string of the molecule is CC1(C)Oc2ccc(C#N)cc2C(N2CCCC2)C1(N)O. The Morgan fingerprint density at radius 3 is 2.67 bits per heavy atom. The van der Waals surface area contributed by atoms with Crippen LogP contribution in [0, 0.1) is 11.3 Å². The molecule has 3 rings (SSSR count). The molecule has 0 amide bonds. The van der Waals surface area contributed by atoms with Gasteiger partial charge in [-0.05, 0) is 58.0 Å². The second-order valence-corrected chi connectivity index (χ2v) is 6.45. The number of ether oxygens (including phenoxy) is 1. The third-order valence-corrected chi connectivity index (χ3v) is 4.69. The number of rotatable bonds is 1. The van der Waals surface area contributed by atoms with E-state index in [-0.39, 0.29) is 6.04 Å². The van der Waals surface area contributed by atoms with Crippen LogP contribution >= 0.6 is 0 Å². The molecule has 2 unspecified atom stereocenters. The van der Waals surface area contributed by atoms with Crippen molar-refractivity contribution >= 4 is 0 Å². The van der Waals surface area contributed by atoms with Crippen molar-refractivity contribution in [3.05, 3.63) is 29.3 Å². The fourth-order valence-electron chi connectivity index (χ4n) is 3.32. The molecule has 1 aromatic carbocycles. The van der Waals surface area contributed by atoms with Crippen LogP contribution in [0.3, 0.4) is 0 Å². The Balaban J connectivity index is 2.16. The molecule has 2 aliphatic rings. The minimum absolute atomic E-state index is 0.355. The van der Waals surface area contributed by atoms with Gasteiger partial charge in [0.05, 0.1) is 17.7 Å². The fourth-order valence-corrected chi connectivity index (χ4v) is 3.32. The fraction of sp³-hybridized carbons (Fsp3) is 0.562. The van der Waals surface area contributed by atoms with Crippen molar-refractivity contribution in [1.82, 2.24) is 4.90 Å². The van der Waals surface area contributed by atoms with Crippen LogP contribution in [-0.2, 0) is 0 Å². The van der Waals surface area contributed by atoms with Gasteiger partial charge in [-0.1, -0.05) is 0 Å². The molecule has 0 bridgehead atoms. The second-order valence-electron chi connectivity index (χ2n) is 6.45. The highest BCUT2D eigenvalue weighted by Gasteiger charge is 2.55. The third kappa shape index (κ3) is 2.11. The smallest absolute Gasteiger partial charge is 0.173 e. The molecule has 1 aromatic rings. The van der Waals surface area contributed by atoms with Crippen molar-refractivity contribution in [2.24, 2.45) is 5.73 Å². The molecule has 3 N–H and O–H groups in total. The Morgan fingerprint density at radius 1 is 1.38 bits per heavy atom. The zero-order chi connectivity index (χ0) is 15.3. The Labute approximate surface area is 124 Å². The Bertz CT molecular complexity index is 598. The molecule has 0 aliphatic carbocycles. The molecule has 0 saturated carbocycles. The van der Waals surface area contributed by atoms with E-state index in [1.54, 1.807) is 32.0 Å². The summed E-state index contributed by atoms with van der Waals surface area (Å²) in [5, 5.41) is 20.1. The van der Waals surface area contributed by atoms with Gasteiger partial charge in [0.2, 0.25) is 0 Å². The first kappa shape index (κ1) is 14.3. The van der Waals surface area contributed by atoms with Crippen molar-refractivity contribution in [3.8, 4) is 11.8 Å². The lowest BCUT2D eigenvalue weighted by molar-refractivity contribution is -0.169. The van der Waals surface area contributed by atoms with E-state index < -0.39 is 11.3 Å². The topological polar surface area (TPSA) is 82.5 Å². The summed E-state index contributed by atoms with van der Waals surface area (Å²) in [6.07, 6.45) is 2.20. The van der Waals surface area contributed by atoms with E-state index in [2.05, 4.69) is 11.0 Å². The van der Waals surface area contributed by atoms with Crippen molar-refractivity contribution < 1.29 is 9.84 Å². The summed E-state index contributed by atoms with van der Waals surface area (Å²) in [5.41, 5.74) is 5.23. The standard InChI is InChI=1S/C16H21N3O2/c1-15(2)16(18,20)14(19-7-3-4-8-19)12-9-11(10-17)5-6-13(12)21-15/h5-6,9,14,20H,3-4,7-8,18H2,1-2H3. The van der Waals surface area contributed by atoms with Gasteiger partial charge in [0.15, 0.2) is 5.72 Å². The van der Waals surface area contributed by atoms with E-state index in [0.29, 0.717) is 11.3 Å². The van der Waals surface area contributed by atoms with Gasteiger partial charge in [-0.15, -0.1) is 0 Å². The van der Waals surface area contributed by atoms with Gasteiger partial charge in [0, 0.05) is 5.56 Å². The number of likely N-dealkylation sites (tertiary alicyclic amines) is 1. The largest absolute Gasteiger partial charge is 0.483 e. The number of nitrogens with two attached hydrogens (primary N) is 1. The molecule has 1 fully saturated rings. The molecule has 0 aromatic heterocycles. The molecular weight excluding hydrogens is 266 g/mol. The van der Waals surface area contributed by atoms with Crippen LogP contribution in [0.15, 0.2) is 18.2 Å². The Morgan fingerprint density at radius 2 is 2.05 bits per heavy atom. The summed E-state index contributed by atoms with van der Waals surface area (Å²) in [5.74, 6) is 0.700. The van der Waals surface area contributed by atoms with Crippen LogP contribution in [0.5, 0.6) is 5.75 Å². The quantitative estimate of drug-likeness (QED) is 0.765. The minimum Gasteiger partial charge on any atom is -0.483 e. The van der Waals surface area contributed by atoms with Crippen molar-refractivity contribution in [2.75, 3.05) is 13.1 Å². The summed E-state index contributed by atoms with van der Waals surface area (Å²) in [6, 6.07) is 7.10. The molecule has 5 nitrogen and oxygen atoms in total. The van der Waals surface area contributed by atoms with Gasteiger partial charge in [-0.3, -0.25) is 10.6 Å². The summed E-state index contributed by atoms with van der Waals surface area (Å²) in [6.45, 7) is 5.40. The third-order valence-electron chi connectivity index (χ3n) is 4.69. The summed E-state index contributed by atoms with van der Waals surface area (Å²) >= 11 is 0. The number of aliphatic hydroxyl groups is 1. The zero-order valence-electron chi connectivity index (χ0n) is 12.5. The van der Waals surface area contributed by atoms with E-state index in [0.717, 1.165) is 31.5 Å². The number of hydrogen-bond acceptors (Lipinski definition) is 5. The van der Waals surface area contributed by atoms with Crippen molar-refractivity contribution in [2.45, 2.75) is 44.1 Å². The van der Waals surface area contributed by atoms with E-state index in [4.69, 9.17) is 15.7 Å². The molecule has 21 heavy (non-hydrogen) atoms. The number of nitriles is 1. The van der Waals surface area contributed by atoms with Gasteiger partial charge in [0.1, 0.15) is 11.4 Å². The maximum atomic E-state index is 11.0. The van der Waals surface area contributed by atoms with Gasteiger partial charge in [-0.2, -0.15) is 5.26 Å². The molecule has 5 heteroatoms. The number of fused-ring (bicyclic) bond motifs is 1. The normalized spacial score (nSPS) is 31.3. The first-order valence-electron chi connectivity index (χ1n) is 7.35. The first-order chi connectivity index (χ1) is 9.87. The highest BCUT2D eigenvalue weighted by Crippen LogP contribution is 2.47. The summed E-state index contributed by atoms with van der Waals surface area (Å²) in [4.78, 5) is 2.20. The first-order valence-corrected chi connectivity index (χ1v) is 7.35. The lowest BCUT2D eigenvalue weighted by atomic mass is 9.80. The van der Waals surface area contributed by atoms with Gasteiger partial charge < -0.3 is 9.84 Å². The van der Waals surface area contributed by atoms with E-state index >= 15 is 0 Å². The molecular formula is C16H21N3O2. The van der Waals surface area contributed by atoms with Gasteiger partial charge in [0.25, 0.3) is 0 Å². The van der Waals surface area contributed by atoms with Crippen molar-refractivity contribution in [1.29, 1.82) is 5.26 Å². The lowest BCUT2D eigenvalue weighted by Gasteiger charge is -2.51. The van der Waals surface area contributed by atoms with Gasteiger partial charge in [-0.25, -0.2) is 0 Å². The average molecular weight is 287 g/mol. The van der Waals surface area contributed by atoms with Gasteiger partial charge >= 0.3 is 0 Å². The van der Waals surface area contributed by atoms with E-state index in [1.807, 2.05) is 0 Å². The van der Waals surface area contributed by atoms with Crippen LogP contribution in [-0.4, -0.2) is 34.4 Å². The maximum Gasteiger partial charge on any atom is 0.173 e. The minimum atomic E-state index is -1.52. The Hall–Kier alpha value is -1.61. The number of benzene rings is 1.